The predicted molar refractivity (Wildman–Crippen MR) is 97.6 cm³/mol. The molecule has 1 heterocycles. The van der Waals surface area contributed by atoms with Gasteiger partial charge in [0, 0.05) is 16.0 Å². The molecule has 3 rings (SSSR count). The van der Waals surface area contributed by atoms with Crippen molar-refractivity contribution in [2.45, 2.75) is 32.2 Å². The summed E-state index contributed by atoms with van der Waals surface area (Å²) in [5.41, 5.74) is 2.10. The maximum absolute atomic E-state index is 12.5. The highest BCUT2D eigenvalue weighted by Crippen LogP contribution is 2.42. The summed E-state index contributed by atoms with van der Waals surface area (Å²) in [6, 6.07) is 8.97. The number of fused-ring (bicyclic) bond motifs is 1. The second kappa shape index (κ2) is 7.49. The lowest BCUT2D eigenvalue weighted by Crippen LogP contribution is -2.31. The number of thiophene rings is 1. The lowest BCUT2D eigenvalue weighted by atomic mass is 9.90. The minimum Gasteiger partial charge on any atom is -0.462 e. The number of rotatable bonds is 4. The summed E-state index contributed by atoms with van der Waals surface area (Å²) in [7, 11) is 0. The fourth-order valence-corrected chi connectivity index (χ4v) is 5.07. The summed E-state index contributed by atoms with van der Waals surface area (Å²) in [5, 5.41) is 3.08. The van der Waals surface area contributed by atoms with Crippen LogP contribution in [0.25, 0.3) is 0 Å². The normalized spacial score (nSPS) is 16.3. The van der Waals surface area contributed by atoms with Gasteiger partial charge in [0.1, 0.15) is 0 Å². The van der Waals surface area contributed by atoms with Gasteiger partial charge in [0.15, 0.2) is 0 Å². The number of hydrogen-bond donors (Lipinski definition) is 1. The number of halogens is 1. The molecular formula is C18H18BrNO3S. The highest BCUT2D eigenvalue weighted by Gasteiger charge is 2.32. The standard InChI is InChI=1S/C18H18BrNO3S/c1-2-23-18(22)15-14-12(9-6-10-13(14)24-16(15)19)20-17(21)11-7-4-3-5-8-11/h3-5,7-8,12H,2,6,9-10H2,1H3,(H,20,21). The van der Waals surface area contributed by atoms with Gasteiger partial charge in [0.25, 0.3) is 5.91 Å². The molecular weight excluding hydrogens is 390 g/mol. The molecule has 0 bridgehead atoms. The Morgan fingerprint density at radius 2 is 2.08 bits per heavy atom. The summed E-state index contributed by atoms with van der Waals surface area (Å²) in [5.74, 6) is -0.451. The van der Waals surface area contributed by atoms with E-state index in [1.807, 2.05) is 18.2 Å². The lowest BCUT2D eigenvalue weighted by molar-refractivity contribution is 0.0522. The third kappa shape index (κ3) is 3.39. The van der Waals surface area contributed by atoms with E-state index in [4.69, 9.17) is 4.74 Å². The van der Waals surface area contributed by atoms with Gasteiger partial charge in [-0.25, -0.2) is 4.79 Å². The maximum Gasteiger partial charge on any atom is 0.340 e. The Morgan fingerprint density at radius 3 is 2.79 bits per heavy atom. The van der Waals surface area contributed by atoms with E-state index in [1.54, 1.807) is 30.4 Å². The van der Waals surface area contributed by atoms with Crippen LogP contribution in [-0.2, 0) is 11.2 Å². The molecule has 0 saturated heterocycles. The van der Waals surface area contributed by atoms with Crippen LogP contribution in [0.4, 0.5) is 0 Å². The molecule has 0 radical (unpaired) electrons. The summed E-state index contributed by atoms with van der Waals surface area (Å²) in [4.78, 5) is 26.0. The van der Waals surface area contributed by atoms with E-state index in [9.17, 15) is 9.59 Å². The molecule has 0 fully saturated rings. The highest BCUT2D eigenvalue weighted by molar-refractivity contribution is 9.11. The molecule has 1 aliphatic rings. The van der Waals surface area contributed by atoms with Gasteiger partial charge in [-0.1, -0.05) is 18.2 Å². The van der Waals surface area contributed by atoms with Crippen molar-refractivity contribution < 1.29 is 14.3 Å². The van der Waals surface area contributed by atoms with Crippen LogP contribution in [0, 0.1) is 0 Å². The number of carbonyl (C=O) groups excluding carboxylic acids is 2. The maximum atomic E-state index is 12.5. The van der Waals surface area contributed by atoms with Crippen molar-refractivity contribution in [1.29, 1.82) is 0 Å². The largest absolute Gasteiger partial charge is 0.462 e. The zero-order chi connectivity index (χ0) is 17.1. The van der Waals surface area contributed by atoms with E-state index in [0.717, 1.165) is 33.5 Å². The topological polar surface area (TPSA) is 55.4 Å². The molecule has 1 N–H and O–H groups in total. The van der Waals surface area contributed by atoms with Gasteiger partial charge in [-0.15, -0.1) is 11.3 Å². The third-order valence-corrected chi connectivity index (χ3v) is 5.98. The molecule has 1 aromatic heterocycles. The average Bonchev–Trinajstić information content (AvgIpc) is 2.93. The van der Waals surface area contributed by atoms with E-state index >= 15 is 0 Å². The summed E-state index contributed by atoms with van der Waals surface area (Å²) < 4.78 is 5.98. The van der Waals surface area contributed by atoms with E-state index in [-0.39, 0.29) is 17.9 Å². The van der Waals surface area contributed by atoms with Crippen molar-refractivity contribution in [2.75, 3.05) is 6.61 Å². The Bertz CT molecular complexity index is 757. The summed E-state index contributed by atoms with van der Waals surface area (Å²) >= 11 is 5.05. The Labute approximate surface area is 153 Å². The van der Waals surface area contributed by atoms with Crippen molar-refractivity contribution in [1.82, 2.24) is 5.32 Å². The van der Waals surface area contributed by atoms with Gasteiger partial charge in [-0.3, -0.25) is 4.79 Å². The molecule has 1 unspecified atom stereocenters. The first-order valence-electron chi connectivity index (χ1n) is 7.96. The quantitative estimate of drug-likeness (QED) is 0.759. The Balaban J connectivity index is 1.91. The molecule has 1 aliphatic carbocycles. The van der Waals surface area contributed by atoms with Crippen LogP contribution in [0.2, 0.25) is 0 Å². The SMILES string of the molecule is CCOC(=O)c1c(Br)sc2c1C(NC(=O)c1ccccc1)CCC2. The molecule has 1 amide bonds. The predicted octanol–water partition coefficient (Wildman–Crippen LogP) is 4.49. The first-order valence-corrected chi connectivity index (χ1v) is 9.56. The van der Waals surface area contributed by atoms with E-state index in [1.165, 1.54) is 0 Å². The monoisotopic (exact) mass is 407 g/mol. The fourth-order valence-electron chi connectivity index (χ4n) is 2.99. The first-order chi connectivity index (χ1) is 11.6. The van der Waals surface area contributed by atoms with E-state index in [2.05, 4.69) is 21.2 Å². The van der Waals surface area contributed by atoms with Crippen LogP contribution >= 0.6 is 27.3 Å². The number of esters is 1. The van der Waals surface area contributed by atoms with E-state index < -0.39 is 0 Å². The molecule has 0 aliphatic heterocycles. The highest BCUT2D eigenvalue weighted by atomic mass is 79.9. The second-order valence-electron chi connectivity index (χ2n) is 5.59. The number of amides is 1. The minimum atomic E-state index is -0.331. The lowest BCUT2D eigenvalue weighted by Gasteiger charge is -2.25. The van der Waals surface area contributed by atoms with Crippen LogP contribution in [0.15, 0.2) is 34.1 Å². The van der Waals surface area contributed by atoms with Gasteiger partial charge < -0.3 is 10.1 Å². The van der Waals surface area contributed by atoms with Gasteiger partial charge in [0.05, 0.1) is 22.0 Å². The van der Waals surface area contributed by atoms with Crippen molar-refractivity contribution in [2.24, 2.45) is 0 Å². The van der Waals surface area contributed by atoms with Crippen LogP contribution in [0.5, 0.6) is 0 Å². The zero-order valence-electron chi connectivity index (χ0n) is 13.3. The molecule has 2 aromatic rings. The van der Waals surface area contributed by atoms with Gasteiger partial charge in [0.2, 0.25) is 0 Å². The van der Waals surface area contributed by atoms with Gasteiger partial charge in [-0.2, -0.15) is 0 Å². The molecule has 24 heavy (non-hydrogen) atoms. The molecule has 0 saturated carbocycles. The Kier molecular flexibility index (Phi) is 5.36. The minimum absolute atomic E-state index is 0.120. The first kappa shape index (κ1) is 17.2. The van der Waals surface area contributed by atoms with Crippen LogP contribution in [-0.4, -0.2) is 18.5 Å². The van der Waals surface area contributed by atoms with E-state index in [0.29, 0.717) is 17.7 Å². The van der Waals surface area contributed by atoms with Gasteiger partial charge in [-0.05, 0) is 54.2 Å². The van der Waals surface area contributed by atoms with Crippen LogP contribution in [0.1, 0.15) is 57.0 Å². The van der Waals surface area contributed by atoms with Gasteiger partial charge >= 0.3 is 5.97 Å². The second-order valence-corrected chi connectivity index (χ2v) is 8.02. The third-order valence-electron chi connectivity index (χ3n) is 4.05. The van der Waals surface area contributed by atoms with Crippen molar-refractivity contribution in [3.8, 4) is 0 Å². The molecule has 4 nitrogen and oxygen atoms in total. The Hall–Kier alpha value is -1.66. The average molecular weight is 408 g/mol. The summed E-state index contributed by atoms with van der Waals surface area (Å²) in [6.45, 7) is 2.12. The summed E-state index contributed by atoms with van der Waals surface area (Å²) in [6.07, 6.45) is 2.73. The molecule has 126 valence electrons. The molecule has 0 spiro atoms. The van der Waals surface area contributed by atoms with Crippen LogP contribution < -0.4 is 5.32 Å². The molecule has 6 heteroatoms. The smallest absolute Gasteiger partial charge is 0.340 e. The zero-order valence-corrected chi connectivity index (χ0v) is 15.7. The number of benzene rings is 1. The molecule has 1 aromatic carbocycles. The number of carbonyl (C=O) groups is 2. The van der Waals surface area contributed by atoms with Crippen molar-refractivity contribution in [3.63, 3.8) is 0 Å². The molecule has 1 atom stereocenters. The number of nitrogens with one attached hydrogen (secondary N) is 1. The number of ether oxygens (including phenoxy) is 1. The fraction of sp³-hybridized carbons (Fsp3) is 0.333. The van der Waals surface area contributed by atoms with Crippen LogP contribution in [0.3, 0.4) is 0 Å². The number of hydrogen-bond acceptors (Lipinski definition) is 4. The Morgan fingerprint density at radius 1 is 1.33 bits per heavy atom. The van der Waals surface area contributed by atoms with Crippen molar-refractivity contribution >= 4 is 39.1 Å². The number of aryl methyl sites for hydroxylation is 1. The van der Waals surface area contributed by atoms with Crippen molar-refractivity contribution in [3.05, 3.63) is 55.7 Å².